The van der Waals surface area contributed by atoms with E-state index >= 15 is 0 Å². The van der Waals surface area contributed by atoms with Crippen molar-refractivity contribution < 1.29 is 14.4 Å². The zero-order valence-electron chi connectivity index (χ0n) is 32.6. The van der Waals surface area contributed by atoms with Crippen LogP contribution in [0.4, 0.5) is 0 Å². The maximum absolute atomic E-state index is 11.6. The van der Waals surface area contributed by atoms with Crippen LogP contribution in [0.25, 0.3) is 0 Å². The molecule has 0 amide bonds. The fourth-order valence-electron chi connectivity index (χ4n) is 9.29. The van der Waals surface area contributed by atoms with Gasteiger partial charge >= 0.3 is 0 Å². The second kappa shape index (κ2) is 17.3. The van der Waals surface area contributed by atoms with Crippen molar-refractivity contribution in [2.24, 2.45) is 22.2 Å². The van der Waals surface area contributed by atoms with E-state index in [0.717, 1.165) is 57.8 Å². The van der Waals surface area contributed by atoms with Gasteiger partial charge in [-0.15, -0.1) is 23.5 Å². The summed E-state index contributed by atoms with van der Waals surface area (Å²) in [7, 11) is 0. The number of fused-ring (bicyclic) bond motifs is 3. The third-order valence-corrected chi connectivity index (χ3v) is 15.9. The molecular weight excluding hydrogens is 689 g/mol. The number of thioether (sulfide) groups is 2. The predicted octanol–water partition coefficient (Wildman–Crippen LogP) is 12.9. The highest BCUT2D eigenvalue weighted by atomic mass is 32.2. The van der Waals surface area contributed by atoms with Gasteiger partial charge in [-0.05, 0) is 149 Å². The number of rotatable bonds is 5. The molecule has 53 heavy (non-hydrogen) atoms. The van der Waals surface area contributed by atoms with E-state index < -0.39 is 0 Å². The summed E-state index contributed by atoms with van der Waals surface area (Å²) in [5.41, 5.74) is 6.41. The first kappa shape index (κ1) is 39.8. The largest absolute Gasteiger partial charge is 0.295 e. The molecule has 6 atom stereocenters. The fourth-order valence-corrected chi connectivity index (χ4v) is 11.7. The monoisotopic (exact) mass is 748 g/mol. The molecule has 2 aromatic carbocycles. The van der Waals surface area contributed by atoms with Gasteiger partial charge in [-0.2, -0.15) is 0 Å². The molecule has 0 N–H and O–H groups in total. The van der Waals surface area contributed by atoms with Crippen LogP contribution in [0.3, 0.4) is 0 Å². The topological polar surface area (TPSA) is 51.2 Å². The summed E-state index contributed by atoms with van der Waals surface area (Å²) >= 11 is 3.94. The van der Waals surface area contributed by atoms with Gasteiger partial charge in [0.25, 0.3) is 0 Å². The van der Waals surface area contributed by atoms with E-state index in [-0.39, 0.29) is 0 Å². The summed E-state index contributed by atoms with van der Waals surface area (Å²) in [5, 5.41) is 1.26. The first-order valence-corrected chi connectivity index (χ1v) is 21.9. The van der Waals surface area contributed by atoms with E-state index in [2.05, 4.69) is 94.9 Å². The summed E-state index contributed by atoms with van der Waals surface area (Å²) in [5.74, 6) is 1.59. The third-order valence-electron chi connectivity index (χ3n) is 13.3. The molecule has 282 valence electrons. The number of hydrogen-bond donors (Lipinski definition) is 0. The molecule has 0 radical (unpaired) electrons. The Morgan fingerprint density at radius 2 is 0.906 bits per heavy atom. The maximum Gasteiger partial charge on any atom is 0.155 e. The smallest absolute Gasteiger partial charge is 0.155 e. The van der Waals surface area contributed by atoms with Gasteiger partial charge in [-0.1, -0.05) is 86.0 Å². The Kier molecular flexibility index (Phi) is 13.0. The molecule has 3 fully saturated rings. The van der Waals surface area contributed by atoms with Gasteiger partial charge in [0.2, 0.25) is 0 Å². The third kappa shape index (κ3) is 10.3. The highest BCUT2D eigenvalue weighted by Gasteiger charge is 2.40. The minimum absolute atomic E-state index is 0.307. The minimum Gasteiger partial charge on any atom is -0.295 e. The van der Waals surface area contributed by atoms with Gasteiger partial charge in [-0.3, -0.25) is 14.4 Å². The molecule has 2 aromatic rings. The van der Waals surface area contributed by atoms with Crippen molar-refractivity contribution in [1.29, 1.82) is 0 Å². The van der Waals surface area contributed by atoms with Gasteiger partial charge in [0, 0.05) is 39.6 Å². The molecule has 0 spiro atoms. The van der Waals surface area contributed by atoms with Crippen LogP contribution in [-0.4, -0.2) is 27.8 Å². The lowest BCUT2D eigenvalue weighted by Gasteiger charge is -2.42. The standard InChI is InChI=1S/2C17H20OS.C14H20O/c2*1-17-9-7-14(18)11-13(17)12-16(8-10-17)19-15-5-3-2-4-6-15;1-10(2)11-4-6-14(3)7-5-13(15)9-12(14)8-11/h2*2-6,11,16H,7-10,12H2,1H3;9,11H,1,4-8H2,2-3H3/t16-,17+;16-,17-;11-,14+/m011/s1. The second-order valence-electron chi connectivity index (χ2n) is 17.5. The van der Waals surface area contributed by atoms with E-state index in [9.17, 15) is 14.4 Å². The van der Waals surface area contributed by atoms with E-state index in [1.807, 2.05) is 41.8 Å². The summed E-state index contributed by atoms with van der Waals surface area (Å²) in [6.45, 7) is 13.2. The fraction of sp³-hybridized carbons (Fsp3) is 0.521. The Balaban J connectivity index is 0.000000137. The lowest BCUT2D eigenvalue weighted by Crippen LogP contribution is -2.32. The molecule has 0 aromatic heterocycles. The van der Waals surface area contributed by atoms with Crippen molar-refractivity contribution in [2.75, 3.05) is 0 Å². The van der Waals surface area contributed by atoms with Gasteiger partial charge in [0.1, 0.15) is 0 Å². The van der Waals surface area contributed by atoms with Crippen molar-refractivity contribution in [1.82, 2.24) is 0 Å². The Morgan fingerprint density at radius 1 is 0.547 bits per heavy atom. The number of hydrogen-bond acceptors (Lipinski definition) is 5. The normalized spacial score (nSPS) is 32.1. The van der Waals surface area contributed by atoms with Crippen LogP contribution >= 0.6 is 23.5 Å². The van der Waals surface area contributed by atoms with E-state index in [0.29, 0.717) is 50.0 Å². The Labute approximate surface area is 328 Å². The Morgan fingerprint density at radius 3 is 1.28 bits per heavy atom. The van der Waals surface area contributed by atoms with E-state index in [4.69, 9.17) is 0 Å². The molecule has 0 saturated heterocycles. The van der Waals surface area contributed by atoms with Gasteiger partial charge in [0.15, 0.2) is 17.3 Å². The summed E-state index contributed by atoms with van der Waals surface area (Å²) in [6, 6.07) is 21.2. The van der Waals surface area contributed by atoms with Crippen molar-refractivity contribution in [3.8, 4) is 0 Å². The summed E-state index contributed by atoms with van der Waals surface area (Å²) in [6.07, 6.45) is 21.9. The quantitative estimate of drug-likeness (QED) is 0.285. The number of benzene rings is 2. The van der Waals surface area contributed by atoms with Crippen molar-refractivity contribution >= 4 is 40.9 Å². The lowest BCUT2D eigenvalue weighted by molar-refractivity contribution is -0.116. The average molecular weight is 749 g/mol. The van der Waals surface area contributed by atoms with Crippen LogP contribution in [0, 0.1) is 22.2 Å². The Bertz CT molecular complexity index is 1660. The highest BCUT2D eigenvalue weighted by molar-refractivity contribution is 8.00. The highest BCUT2D eigenvalue weighted by Crippen LogP contribution is 2.52. The summed E-state index contributed by atoms with van der Waals surface area (Å²) < 4.78 is 0. The molecule has 0 aliphatic heterocycles. The first-order valence-electron chi connectivity index (χ1n) is 20.1. The number of carbonyl (C=O) groups is 3. The molecule has 3 nitrogen and oxygen atoms in total. The van der Waals surface area contributed by atoms with Crippen molar-refractivity contribution in [3.05, 3.63) is 108 Å². The van der Waals surface area contributed by atoms with Crippen LogP contribution < -0.4 is 0 Å². The molecule has 5 heteroatoms. The van der Waals surface area contributed by atoms with E-state index in [1.54, 1.807) is 0 Å². The average Bonchev–Trinajstić information content (AvgIpc) is 3.14. The van der Waals surface area contributed by atoms with Gasteiger partial charge < -0.3 is 0 Å². The van der Waals surface area contributed by atoms with Crippen LogP contribution in [0.2, 0.25) is 0 Å². The van der Waals surface area contributed by atoms with E-state index in [1.165, 1.54) is 70.6 Å². The van der Waals surface area contributed by atoms with Crippen LogP contribution in [0.15, 0.2) is 118 Å². The molecule has 0 unspecified atom stereocenters. The predicted molar refractivity (Wildman–Crippen MR) is 223 cm³/mol. The lowest BCUT2D eigenvalue weighted by atomic mass is 9.62. The molecule has 6 aliphatic carbocycles. The molecule has 8 rings (SSSR count). The van der Waals surface area contributed by atoms with Gasteiger partial charge in [0.05, 0.1) is 0 Å². The number of ketones is 3. The maximum atomic E-state index is 11.6. The molecular formula is C48H60O3S2. The number of allylic oxidation sites excluding steroid dienone is 7. The zero-order chi connectivity index (χ0) is 37.6. The first-order chi connectivity index (χ1) is 25.3. The minimum atomic E-state index is 0.307. The van der Waals surface area contributed by atoms with Crippen LogP contribution in [-0.2, 0) is 14.4 Å². The molecule has 6 aliphatic rings. The SMILES string of the molecule is C=C(C)[C@@H]1CC[C@@]2(C)CCC(=O)C=C2C1.C[C@]12CCC(=O)C=C1C[C@@H](Sc1ccccc1)CC2.C[C@]12CCC(=O)C=C1C[C@H](Sc1ccccc1)CC2. The Hall–Kier alpha value is -2.89. The van der Waals surface area contributed by atoms with Gasteiger partial charge in [-0.25, -0.2) is 0 Å². The van der Waals surface area contributed by atoms with Crippen molar-refractivity contribution in [3.63, 3.8) is 0 Å². The second-order valence-corrected chi connectivity index (χ2v) is 20.2. The molecule has 3 saturated carbocycles. The summed E-state index contributed by atoms with van der Waals surface area (Å²) in [4.78, 5) is 37.4. The van der Waals surface area contributed by atoms with Crippen LogP contribution in [0.1, 0.15) is 124 Å². The number of carbonyl (C=O) groups excluding carboxylic acids is 3. The zero-order valence-corrected chi connectivity index (χ0v) is 34.2. The van der Waals surface area contributed by atoms with Crippen molar-refractivity contribution in [2.45, 2.75) is 144 Å². The van der Waals surface area contributed by atoms with Crippen LogP contribution in [0.5, 0.6) is 0 Å². The molecule has 0 heterocycles. The molecule has 0 bridgehead atoms.